The van der Waals surface area contributed by atoms with Crippen LogP contribution in [0.3, 0.4) is 0 Å². The molecule has 2 fully saturated rings. The van der Waals surface area contributed by atoms with Gasteiger partial charge in [0.25, 0.3) is 5.91 Å². The van der Waals surface area contributed by atoms with Gasteiger partial charge in [0.2, 0.25) is 5.91 Å². The van der Waals surface area contributed by atoms with Crippen molar-refractivity contribution < 1.29 is 37.9 Å². The maximum Gasteiger partial charge on any atom is 0.490 e. The van der Waals surface area contributed by atoms with Crippen molar-refractivity contribution in [1.29, 1.82) is 0 Å². The lowest BCUT2D eigenvalue weighted by Gasteiger charge is -2.32. The molecule has 0 aromatic heterocycles. The first-order valence-corrected chi connectivity index (χ1v) is 14.2. The summed E-state index contributed by atoms with van der Waals surface area (Å²) in [6.45, 7) is 5.48. The molecule has 2 aromatic rings. The number of hydrogen-bond acceptors (Lipinski definition) is 6. The number of aliphatic carboxylic acids is 1. The highest BCUT2D eigenvalue weighted by Crippen LogP contribution is 2.40. The smallest absolute Gasteiger partial charge is 0.475 e. The van der Waals surface area contributed by atoms with E-state index in [9.17, 15) is 22.8 Å². The van der Waals surface area contributed by atoms with Crippen molar-refractivity contribution in [2.75, 3.05) is 26.2 Å². The van der Waals surface area contributed by atoms with E-state index < -0.39 is 18.1 Å². The summed E-state index contributed by atoms with van der Waals surface area (Å²) in [5.74, 6) is -1.66. The third kappa shape index (κ3) is 8.76. The molecule has 5 rings (SSSR count). The number of piperidine rings is 1. The lowest BCUT2D eigenvalue weighted by molar-refractivity contribution is -0.192. The van der Waals surface area contributed by atoms with E-state index in [-0.39, 0.29) is 5.91 Å². The van der Waals surface area contributed by atoms with Gasteiger partial charge in [0.15, 0.2) is 0 Å². The molecule has 2 unspecified atom stereocenters. The van der Waals surface area contributed by atoms with E-state index in [1.807, 2.05) is 11.0 Å². The van der Waals surface area contributed by atoms with Crippen LogP contribution in [0.2, 0.25) is 0 Å². The molecule has 3 aliphatic rings. The number of benzene rings is 2. The van der Waals surface area contributed by atoms with Crippen molar-refractivity contribution in [3.8, 4) is 0 Å². The average Bonchev–Trinajstić information content (AvgIpc) is 3.64. The third-order valence-electron chi connectivity index (χ3n) is 8.15. The van der Waals surface area contributed by atoms with Gasteiger partial charge < -0.3 is 20.2 Å². The molecular weight excluding hydrogens is 553 g/mol. The molecule has 2 heterocycles. The average molecular weight is 591 g/mol. The SMILES string of the molecule is O=C(NO)c1ccc2c(c1)CN(C(=O)CCCN1CCC(CNC3CC3c3ccccc3)CC1)C2.O=C(O)C(F)(F)F. The number of carbonyl (C=O) groups is 3. The minimum Gasteiger partial charge on any atom is -0.475 e. The Morgan fingerprint density at radius 2 is 1.64 bits per heavy atom. The van der Waals surface area contributed by atoms with Crippen LogP contribution in [-0.2, 0) is 22.7 Å². The number of rotatable bonds is 9. The van der Waals surface area contributed by atoms with E-state index >= 15 is 0 Å². The van der Waals surface area contributed by atoms with Crippen LogP contribution in [0.4, 0.5) is 13.2 Å². The summed E-state index contributed by atoms with van der Waals surface area (Å²) in [6.07, 6.45) is 0.0808. The van der Waals surface area contributed by atoms with E-state index in [1.54, 1.807) is 17.6 Å². The number of alkyl halides is 3. The molecule has 2 atom stereocenters. The van der Waals surface area contributed by atoms with Crippen LogP contribution in [0.1, 0.15) is 65.1 Å². The van der Waals surface area contributed by atoms with Crippen LogP contribution in [0.5, 0.6) is 0 Å². The first kappa shape index (κ1) is 31.5. The Labute approximate surface area is 242 Å². The molecule has 0 radical (unpaired) electrons. The van der Waals surface area contributed by atoms with E-state index in [2.05, 4.69) is 40.5 Å². The predicted molar refractivity (Wildman–Crippen MR) is 148 cm³/mol. The van der Waals surface area contributed by atoms with Crippen LogP contribution in [0.25, 0.3) is 0 Å². The quantitative estimate of drug-likeness (QED) is 0.258. The Hall–Kier alpha value is -3.48. The second kappa shape index (κ2) is 14.1. The number of hydrogen-bond donors (Lipinski definition) is 4. The number of carbonyl (C=O) groups excluding carboxylic acids is 2. The van der Waals surface area contributed by atoms with Crippen molar-refractivity contribution in [2.24, 2.45) is 5.92 Å². The number of likely N-dealkylation sites (tertiary alicyclic amines) is 1. The molecule has 12 heteroatoms. The second-order valence-electron chi connectivity index (χ2n) is 11.1. The van der Waals surface area contributed by atoms with Crippen LogP contribution in [-0.4, -0.2) is 76.3 Å². The molecule has 42 heavy (non-hydrogen) atoms. The zero-order valence-electron chi connectivity index (χ0n) is 23.3. The summed E-state index contributed by atoms with van der Waals surface area (Å²) in [5.41, 5.74) is 5.59. The molecule has 0 spiro atoms. The molecule has 9 nitrogen and oxygen atoms in total. The van der Waals surface area contributed by atoms with Crippen molar-refractivity contribution in [2.45, 2.75) is 63.3 Å². The normalized spacial score (nSPS) is 20.3. The van der Waals surface area contributed by atoms with Gasteiger partial charge in [-0.2, -0.15) is 13.2 Å². The minimum atomic E-state index is -5.08. The molecular formula is C30H37F3N4O5. The number of nitrogens with zero attached hydrogens (tertiary/aromatic N) is 2. The van der Waals surface area contributed by atoms with Crippen LogP contribution in [0.15, 0.2) is 48.5 Å². The Kier molecular flexibility index (Phi) is 10.6. The van der Waals surface area contributed by atoms with Gasteiger partial charge >= 0.3 is 12.1 Å². The summed E-state index contributed by atoms with van der Waals surface area (Å²) in [7, 11) is 0. The van der Waals surface area contributed by atoms with Gasteiger partial charge in [-0.1, -0.05) is 36.4 Å². The lowest BCUT2D eigenvalue weighted by Crippen LogP contribution is -2.38. The molecule has 1 saturated carbocycles. The van der Waals surface area contributed by atoms with Crippen molar-refractivity contribution in [3.05, 3.63) is 70.8 Å². The highest BCUT2D eigenvalue weighted by molar-refractivity contribution is 5.93. The Morgan fingerprint density at radius 3 is 2.29 bits per heavy atom. The zero-order chi connectivity index (χ0) is 30.3. The fraction of sp³-hybridized carbons (Fsp3) is 0.500. The number of nitrogens with one attached hydrogen (secondary N) is 2. The standard InChI is InChI=1S/C28H36N4O3.C2HF3O2/c33-27(32-18-23-9-8-22(28(34)30-35)15-24(23)19-32)7-4-12-31-13-10-20(11-14-31)17-29-26-16-25(26)21-5-2-1-3-6-21;3-2(4,5)1(6)7/h1-3,5-6,8-9,15,20,25-26,29,35H,4,7,10-14,16-19H2,(H,30,34);(H,6,7). The molecule has 0 bridgehead atoms. The van der Waals surface area contributed by atoms with Gasteiger partial charge in [-0.3, -0.25) is 14.8 Å². The Bertz CT molecular complexity index is 1240. The maximum absolute atomic E-state index is 12.7. The fourth-order valence-corrected chi connectivity index (χ4v) is 5.61. The molecule has 2 amide bonds. The Morgan fingerprint density at radius 1 is 0.976 bits per heavy atom. The van der Waals surface area contributed by atoms with Gasteiger partial charge in [0.05, 0.1) is 0 Å². The highest BCUT2D eigenvalue weighted by atomic mass is 19.4. The number of carboxylic acids is 1. The fourth-order valence-electron chi connectivity index (χ4n) is 5.61. The Balaban J connectivity index is 0.000000517. The number of carboxylic acid groups (broad SMARTS) is 1. The molecule has 4 N–H and O–H groups in total. The lowest BCUT2D eigenvalue weighted by atomic mass is 9.96. The van der Waals surface area contributed by atoms with Crippen molar-refractivity contribution in [3.63, 3.8) is 0 Å². The summed E-state index contributed by atoms with van der Waals surface area (Å²) < 4.78 is 31.7. The monoisotopic (exact) mass is 590 g/mol. The number of amides is 2. The topological polar surface area (TPSA) is 122 Å². The first-order chi connectivity index (χ1) is 20.0. The maximum atomic E-state index is 12.7. The molecule has 1 aliphatic carbocycles. The van der Waals surface area contributed by atoms with Crippen molar-refractivity contribution >= 4 is 17.8 Å². The number of fused-ring (bicyclic) bond motifs is 1. The minimum absolute atomic E-state index is 0.172. The first-order valence-electron chi connectivity index (χ1n) is 14.2. The van der Waals surface area contributed by atoms with E-state index in [1.165, 1.54) is 24.8 Å². The number of halogens is 3. The van der Waals surface area contributed by atoms with E-state index in [0.717, 1.165) is 49.6 Å². The van der Waals surface area contributed by atoms with E-state index in [4.69, 9.17) is 15.1 Å². The third-order valence-corrected chi connectivity index (χ3v) is 8.15. The summed E-state index contributed by atoms with van der Waals surface area (Å²) in [4.78, 5) is 37.6. The number of hydroxylamine groups is 1. The van der Waals surface area contributed by atoms with Gasteiger partial charge in [-0.25, -0.2) is 10.3 Å². The summed E-state index contributed by atoms with van der Waals surface area (Å²) in [5, 5.41) is 19.7. The molecule has 2 aliphatic heterocycles. The van der Waals surface area contributed by atoms with Crippen LogP contribution >= 0.6 is 0 Å². The predicted octanol–water partition coefficient (Wildman–Crippen LogP) is 3.92. The van der Waals surface area contributed by atoms with E-state index in [0.29, 0.717) is 37.0 Å². The summed E-state index contributed by atoms with van der Waals surface area (Å²) in [6, 6.07) is 16.8. The van der Waals surface area contributed by atoms with Gasteiger partial charge in [0.1, 0.15) is 0 Å². The molecule has 1 saturated heterocycles. The van der Waals surface area contributed by atoms with Crippen LogP contribution < -0.4 is 10.8 Å². The molecule has 228 valence electrons. The zero-order valence-corrected chi connectivity index (χ0v) is 23.3. The van der Waals surface area contributed by atoms with Gasteiger partial charge in [-0.05, 0) is 86.6 Å². The van der Waals surface area contributed by atoms with Gasteiger partial charge in [0, 0.05) is 37.0 Å². The van der Waals surface area contributed by atoms with Gasteiger partial charge in [-0.15, -0.1) is 0 Å². The summed E-state index contributed by atoms with van der Waals surface area (Å²) >= 11 is 0. The second-order valence-corrected chi connectivity index (χ2v) is 11.1. The molecule has 2 aromatic carbocycles. The van der Waals surface area contributed by atoms with Crippen molar-refractivity contribution in [1.82, 2.24) is 20.6 Å². The van der Waals surface area contributed by atoms with Crippen LogP contribution in [0, 0.1) is 5.92 Å². The largest absolute Gasteiger partial charge is 0.490 e. The highest BCUT2D eigenvalue weighted by Gasteiger charge is 2.39.